The van der Waals surface area contributed by atoms with E-state index >= 15 is 0 Å². The zero-order valence-corrected chi connectivity index (χ0v) is 9.85. The van der Waals surface area contributed by atoms with Gasteiger partial charge in [0.05, 0.1) is 8.56 Å². The van der Waals surface area contributed by atoms with Crippen LogP contribution in [-0.4, -0.2) is 15.2 Å². The Kier molecular flexibility index (Phi) is 5.46. The van der Waals surface area contributed by atoms with Gasteiger partial charge in [-0.1, -0.05) is 13.3 Å². The molecule has 1 rings (SSSR count). The summed E-state index contributed by atoms with van der Waals surface area (Å²) in [5, 5.41) is 0. The summed E-state index contributed by atoms with van der Waals surface area (Å²) in [7, 11) is -2.36. The quantitative estimate of drug-likeness (QED) is 0.410. The summed E-state index contributed by atoms with van der Waals surface area (Å²) in [5.74, 6) is 0. The Labute approximate surface area is 85.5 Å². The zero-order chi connectivity index (χ0) is 6.74. The largest absolute Gasteiger partial charge is 1.00 e. The van der Waals surface area contributed by atoms with Gasteiger partial charge >= 0.3 is 29.6 Å². The molecule has 0 aromatic heterocycles. The standard InChI is InChI=1S/C6H13O2Si.Na/c1-2-9(7)6-4-3-5-8-9;/h2-6H2,1H3;/q-1;+1. The first-order chi connectivity index (χ1) is 4.27. The Balaban J connectivity index is 0.000000810. The SMILES string of the molecule is CC[Si]1([O-])CCCCO1.[Na+]. The van der Waals surface area contributed by atoms with Crippen molar-refractivity contribution in [3.05, 3.63) is 0 Å². The molecule has 0 N–H and O–H groups in total. The molecule has 0 saturated carbocycles. The topological polar surface area (TPSA) is 32.3 Å². The van der Waals surface area contributed by atoms with Crippen molar-refractivity contribution < 1.29 is 38.8 Å². The van der Waals surface area contributed by atoms with Crippen molar-refractivity contribution in [2.75, 3.05) is 6.61 Å². The van der Waals surface area contributed by atoms with Crippen molar-refractivity contribution in [1.82, 2.24) is 0 Å². The van der Waals surface area contributed by atoms with E-state index in [1.165, 1.54) is 0 Å². The zero-order valence-electron chi connectivity index (χ0n) is 6.85. The average molecular weight is 168 g/mol. The van der Waals surface area contributed by atoms with Crippen LogP contribution in [0.1, 0.15) is 19.8 Å². The van der Waals surface area contributed by atoms with E-state index in [4.69, 9.17) is 4.43 Å². The summed E-state index contributed by atoms with van der Waals surface area (Å²) in [6.45, 7) is 2.67. The second kappa shape index (κ2) is 4.90. The molecule has 1 saturated heterocycles. The predicted molar refractivity (Wildman–Crippen MR) is 36.2 cm³/mol. The fourth-order valence-corrected chi connectivity index (χ4v) is 3.11. The van der Waals surface area contributed by atoms with Crippen LogP contribution in [0.5, 0.6) is 0 Å². The third-order valence-electron chi connectivity index (χ3n) is 1.86. The molecular formula is C6H13NaO2Si. The van der Waals surface area contributed by atoms with Crippen LogP contribution < -0.4 is 34.4 Å². The summed E-state index contributed by atoms with van der Waals surface area (Å²) in [6.07, 6.45) is 2.19. The third kappa shape index (κ3) is 3.03. The van der Waals surface area contributed by atoms with Crippen molar-refractivity contribution in [1.29, 1.82) is 0 Å². The molecular weight excluding hydrogens is 155 g/mol. The second-order valence-corrected chi connectivity index (χ2v) is 5.89. The first kappa shape index (κ1) is 11.1. The van der Waals surface area contributed by atoms with Crippen LogP contribution in [0.3, 0.4) is 0 Å². The first-order valence-corrected chi connectivity index (χ1v) is 5.84. The maximum absolute atomic E-state index is 11.4. The maximum Gasteiger partial charge on any atom is 1.00 e. The van der Waals surface area contributed by atoms with Crippen LogP contribution in [0.2, 0.25) is 12.1 Å². The molecule has 0 spiro atoms. The van der Waals surface area contributed by atoms with Crippen LogP contribution in [0, 0.1) is 0 Å². The summed E-state index contributed by atoms with van der Waals surface area (Å²) in [5.41, 5.74) is 0. The molecule has 4 heteroatoms. The van der Waals surface area contributed by atoms with E-state index < -0.39 is 8.56 Å². The van der Waals surface area contributed by atoms with Gasteiger partial charge in [-0.25, -0.2) is 0 Å². The molecule has 1 heterocycles. The summed E-state index contributed by atoms with van der Waals surface area (Å²) in [6, 6.07) is 1.58. The number of hydrogen-bond donors (Lipinski definition) is 0. The van der Waals surface area contributed by atoms with Gasteiger partial charge in [-0.15, -0.1) is 0 Å². The van der Waals surface area contributed by atoms with Crippen LogP contribution in [0.4, 0.5) is 0 Å². The Bertz CT molecular complexity index is 93.7. The fourth-order valence-electron chi connectivity index (χ4n) is 1.11. The number of rotatable bonds is 1. The van der Waals surface area contributed by atoms with Crippen molar-refractivity contribution >= 4 is 8.56 Å². The Hall–Kier alpha value is 1.14. The van der Waals surface area contributed by atoms with E-state index in [9.17, 15) is 4.80 Å². The Morgan fingerprint density at radius 2 is 2.20 bits per heavy atom. The van der Waals surface area contributed by atoms with Crippen LogP contribution in [-0.2, 0) is 4.43 Å². The second-order valence-electron chi connectivity index (χ2n) is 2.57. The van der Waals surface area contributed by atoms with E-state index in [1.807, 2.05) is 6.92 Å². The van der Waals surface area contributed by atoms with Crippen molar-refractivity contribution in [2.45, 2.75) is 31.9 Å². The maximum atomic E-state index is 11.4. The van der Waals surface area contributed by atoms with Gasteiger partial charge in [0.2, 0.25) is 0 Å². The monoisotopic (exact) mass is 168 g/mol. The fraction of sp³-hybridized carbons (Fsp3) is 1.00. The molecule has 0 radical (unpaired) electrons. The van der Waals surface area contributed by atoms with Gasteiger partial charge < -0.3 is 9.22 Å². The molecule has 1 aliphatic heterocycles. The molecule has 1 atom stereocenters. The first-order valence-electron chi connectivity index (χ1n) is 3.61. The minimum absolute atomic E-state index is 0. The van der Waals surface area contributed by atoms with Crippen molar-refractivity contribution in [2.24, 2.45) is 0 Å². The van der Waals surface area contributed by atoms with Crippen LogP contribution in [0.15, 0.2) is 0 Å². The molecule has 0 aromatic carbocycles. The van der Waals surface area contributed by atoms with E-state index in [0.717, 1.165) is 31.5 Å². The van der Waals surface area contributed by atoms with Gasteiger partial charge in [-0.2, -0.15) is 0 Å². The van der Waals surface area contributed by atoms with Gasteiger partial charge in [0.25, 0.3) is 0 Å². The minimum Gasteiger partial charge on any atom is -0.838 e. The summed E-state index contributed by atoms with van der Waals surface area (Å²) in [4.78, 5) is 11.4. The van der Waals surface area contributed by atoms with Crippen LogP contribution in [0.25, 0.3) is 0 Å². The smallest absolute Gasteiger partial charge is 0.838 e. The molecule has 1 unspecified atom stereocenters. The molecule has 2 nitrogen and oxygen atoms in total. The molecule has 0 bridgehead atoms. The predicted octanol–water partition coefficient (Wildman–Crippen LogP) is -2.38. The van der Waals surface area contributed by atoms with Gasteiger partial charge in [0.1, 0.15) is 0 Å². The minimum atomic E-state index is -2.36. The van der Waals surface area contributed by atoms with E-state index in [0.29, 0.717) is 0 Å². The molecule has 1 fully saturated rings. The molecule has 54 valence electrons. The molecule has 0 aromatic rings. The summed E-state index contributed by atoms with van der Waals surface area (Å²) < 4.78 is 5.20. The Morgan fingerprint density at radius 3 is 2.50 bits per heavy atom. The average Bonchev–Trinajstić information content (AvgIpc) is 1.90. The van der Waals surface area contributed by atoms with Crippen LogP contribution >= 0.6 is 0 Å². The normalized spacial score (nSPS) is 33.0. The van der Waals surface area contributed by atoms with E-state index in [2.05, 4.69) is 0 Å². The van der Waals surface area contributed by atoms with Gasteiger partial charge in [-0.3, -0.25) is 0 Å². The third-order valence-corrected chi connectivity index (χ3v) is 4.78. The number of hydrogen-bond acceptors (Lipinski definition) is 2. The molecule has 0 aliphatic carbocycles. The van der Waals surface area contributed by atoms with Crippen molar-refractivity contribution in [3.63, 3.8) is 0 Å². The van der Waals surface area contributed by atoms with E-state index in [1.54, 1.807) is 0 Å². The van der Waals surface area contributed by atoms with Gasteiger partial charge in [0, 0.05) is 6.61 Å². The van der Waals surface area contributed by atoms with Gasteiger partial charge in [0.15, 0.2) is 0 Å². The van der Waals surface area contributed by atoms with Crippen molar-refractivity contribution in [3.8, 4) is 0 Å². The molecule has 10 heavy (non-hydrogen) atoms. The Morgan fingerprint density at radius 1 is 1.50 bits per heavy atom. The van der Waals surface area contributed by atoms with E-state index in [-0.39, 0.29) is 29.6 Å². The molecule has 0 amide bonds. The molecule has 1 aliphatic rings. The van der Waals surface area contributed by atoms with Gasteiger partial charge in [-0.05, 0) is 18.5 Å². The summed E-state index contributed by atoms with van der Waals surface area (Å²) >= 11 is 0.